The standard InChI is InChI=1S/C7H8OS/c8-4-6-1-2-7(3-6)5-9/h1,4-5,7H,2-3H2. The van der Waals surface area contributed by atoms with Crippen LogP contribution in [0.2, 0.25) is 0 Å². The zero-order chi connectivity index (χ0) is 6.69. The molecule has 1 aliphatic rings. The van der Waals surface area contributed by atoms with Crippen molar-refractivity contribution < 1.29 is 4.79 Å². The van der Waals surface area contributed by atoms with Crippen molar-refractivity contribution in [2.75, 3.05) is 0 Å². The van der Waals surface area contributed by atoms with Crippen molar-refractivity contribution in [3.8, 4) is 0 Å². The van der Waals surface area contributed by atoms with Crippen LogP contribution in [0.5, 0.6) is 0 Å². The van der Waals surface area contributed by atoms with Crippen LogP contribution in [-0.2, 0) is 4.79 Å². The van der Waals surface area contributed by atoms with Gasteiger partial charge in [-0.1, -0.05) is 18.3 Å². The zero-order valence-electron chi connectivity index (χ0n) is 5.04. The van der Waals surface area contributed by atoms with E-state index in [9.17, 15) is 4.79 Å². The van der Waals surface area contributed by atoms with Crippen molar-refractivity contribution in [1.29, 1.82) is 0 Å². The molecule has 0 bridgehead atoms. The summed E-state index contributed by atoms with van der Waals surface area (Å²) in [5.74, 6) is 0.445. The summed E-state index contributed by atoms with van der Waals surface area (Å²) in [5, 5.41) is 1.74. The molecule has 1 aliphatic carbocycles. The minimum atomic E-state index is 0.445. The van der Waals surface area contributed by atoms with Gasteiger partial charge in [-0.05, 0) is 29.7 Å². The van der Waals surface area contributed by atoms with Gasteiger partial charge < -0.3 is 0 Å². The second kappa shape index (κ2) is 2.87. The maximum Gasteiger partial charge on any atom is 0.145 e. The van der Waals surface area contributed by atoms with Crippen LogP contribution >= 0.6 is 12.2 Å². The van der Waals surface area contributed by atoms with Crippen molar-refractivity contribution >= 4 is 23.9 Å². The molecule has 0 saturated carbocycles. The minimum Gasteiger partial charge on any atom is -0.298 e. The number of rotatable bonds is 2. The molecule has 2 heteroatoms. The van der Waals surface area contributed by atoms with E-state index in [2.05, 4.69) is 0 Å². The van der Waals surface area contributed by atoms with Crippen LogP contribution in [0, 0.1) is 5.92 Å². The quantitative estimate of drug-likeness (QED) is 0.427. The topological polar surface area (TPSA) is 17.1 Å². The van der Waals surface area contributed by atoms with Gasteiger partial charge >= 0.3 is 0 Å². The Morgan fingerprint density at radius 1 is 1.78 bits per heavy atom. The molecule has 0 saturated heterocycles. The first-order chi connectivity index (χ1) is 4.36. The Labute approximate surface area is 59.8 Å². The fraction of sp³-hybridized carbons (Fsp3) is 0.429. The van der Waals surface area contributed by atoms with Gasteiger partial charge in [0.15, 0.2) is 0 Å². The lowest BCUT2D eigenvalue weighted by molar-refractivity contribution is -0.105. The van der Waals surface area contributed by atoms with E-state index < -0.39 is 0 Å². The molecule has 0 aromatic rings. The number of carbonyl (C=O) groups is 1. The Bertz CT molecular complexity index is 160. The third-order valence-corrected chi connectivity index (χ3v) is 1.91. The van der Waals surface area contributed by atoms with Crippen LogP contribution in [-0.4, -0.2) is 11.7 Å². The molecule has 1 unspecified atom stereocenters. The average molecular weight is 140 g/mol. The third-order valence-electron chi connectivity index (χ3n) is 1.52. The molecule has 9 heavy (non-hydrogen) atoms. The fourth-order valence-electron chi connectivity index (χ4n) is 0.972. The maximum atomic E-state index is 10.2. The van der Waals surface area contributed by atoms with Crippen LogP contribution in [0.15, 0.2) is 11.6 Å². The van der Waals surface area contributed by atoms with E-state index in [0.717, 1.165) is 24.7 Å². The highest BCUT2D eigenvalue weighted by molar-refractivity contribution is 7.79. The van der Waals surface area contributed by atoms with Gasteiger partial charge in [0.1, 0.15) is 6.29 Å². The van der Waals surface area contributed by atoms with Crippen molar-refractivity contribution in [3.63, 3.8) is 0 Å². The fourth-order valence-corrected chi connectivity index (χ4v) is 1.18. The summed E-state index contributed by atoms with van der Waals surface area (Å²) in [4.78, 5) is 10.2. The Balaban J connectivity index is 2.48. The van der Waals surface area contributed by atoms with E-state index in [1.807, 2.05) is 6.08 Å². The van der Waals surface area contributed by atoms with Gasteiger partial charge in [0.2, 0.25) is 0 Å². The Hall–Kier alpha value is -0.500. The largest absolute Gasteiger partial charge is 0.298 e. The summed E-state index contributed by atoms with van der Waals surface area (Å²) in [6.07, 6.45) is 4.68. The molecular weight excluding hydrogens is 132 g/mol. The van der Waals surface area contributed by atoms with Gasteiger partial charge in [-0.15, -0.1) is 0 Å². The number of hydrogen-bond donors (Lipinski definition) is 0. The summed E-state index contributed by atoms with van der Waals surface area (Å²) >= 11 is 4.74. The lowest BCUT2D eigenvalue weighted by Gasteiger charge is -1.95. The van der Waals surface area contributed by atoms with Crippen LogP contribution in [0.4, 0.5) is 0 Å². The smallest absolute Gasteiger partial charge is 0.145 e. The van der Waals surface area contributed by atoms with Crippen molar-refractivity contribution in [2.45, 2.75) is 12.8 Å². The van der Waals surface area contributed by atoms with E-state index in [0.29, 0.717) is 5.92 Å². The lowest BCUT2D eigenvalue weighted by atomic mass is 10.1. The Morgan fingerprint density at radius 3 is 2.89 bits per heavy atom. The summed E-state index contributed by atoms with van der Waals surface area (Å²) in [5.41, 5.74) is 0.904. The highest BCUT2D eigenvalue weighted by Gasteiger charge is 2.12. The Kier molecular flexibility index (Phi) is 2.11. The van der Waals surface area contributed by atoms with Gasteiger partial charge in [0.05, 0.1) is 0 Å². The number of hydrogen-bond acceptors (Lipinski definition) is 2. The molecule has 0 aromatic heterocycles. The van der Waals surface area contributed by atoms with Gasteiger partial charge in [-0.25, -0.2) is 0 Å². The predicted octanol–water partition coefficient (Wildman–Crippen LogP) is 1.52. The van der Waals surface area contributed by atoms with E-state index in [1.165, 1.54) is 0 Å². The second-order valence-electron chi connectivity index (χ2n) is 2.23. The number of allylic oxidation sites excluding steroid dienone is 2. The molecule has 1 nitrogen and oxygen atoms in total. The van der Waals surface area contributed by atoms with Crippen molar-refractivity contribution in [3.05, 3.63) is 11.6 Å². The highest BCUT2D eigenvalue weighted by atomic mass is 32.1. The van der Waals surface area contributed by atoms with Crippen LogP contribution in [0.1, 0.15) is 12.8 Å². The molecule has 0 radical (unpaired) electrons. The summed E-state index contributed by atoms with van der Waals surface area (Å²) < 4.78 is 0. The highest BCUT2D eigenvalue weighted by Crippen LogP contribution is 2.21. The van der Waals surface area contributed by atoms with E-state index in [4.69, 9.17) is 12.2 Å². The molecule has 0 aliphatic heterocycles. The monoisotopic (exact) mass is 140 g/mol. The second-order valence-corrected chi connectivity index (χ2v) is 2.51. The summed E-state index contributed by atoms with van der Waals surface area (Å²) in [6.45, 7) is 0. The average Bonchev–Trinajstić information content (AvgIpc) is 2.34. The third kappa shape index (κ3) is 1.45. The minimum absolute atomic E-state index is 0.445. The van der Waals surface area contributed by atoms with Crippen molar-refractivity contribution in [1.82, 2.24) is 0 Å². The Morgan fingerprint density at radius 2 is 2.56 bits per heavy atom. The predicted molar refractivity (Wildman–Crippen MR) is 40.5 cm³/mol. The van der Waals surface area contributed by atoms with E-state index >= 15 is 0 Å². The molecule has 0 spiro atoms. The molecule has 48 valence electrons. The molecule has 0 N–H and O–H groups in total. The maximum absolute atomic E-state index is 10.2. The number of thiocarbonyl (C=S) groups is 1. The summed E-state index contributed by atoms with van der Waals surface area (Å²) in [6, 6.07) is 0. The molecule has 0 aromatic carbocycles. The molecule has 1 rings (SSSR count). The number of carbonyl (C=O) groups excluding carboxylic acids is 1. The van der Waals surface area contributed by atoms with Crippen LogP contribution < -0.4 is 0 Å². The molecule has 1 atom stereocenters. The molecule has 0 fully saturated rings. The lowest BCUT2D eigenvalue weighted by Crippen LogP contribution is -1.93. The molecule has 0 amide bonds. The first kappa shape index (κ1) is 6.62. The van der Waals surface area contributed by atoms with Gasteiger partial charge in [-0.3, -0.25) is 4.79 Å². The summed E-state index contributed by atoms with van der Waals surface area (Å²) in [7, 11) is 0. The molecule has 0 heterocycles. The SMILES string of the molecule is O=CC1=CCC(C=S)C1. The number of aldehydes is 1. The van der Waals surface area contributed by atoms with Crippen LogP contribution in [0.25, 0.3) is 0 Å². The van der Waals surface area contributed by atoms with Gasteiger partial charge in [-0.2, -0.15) is 0 Å². The van der Waals surface area contributed by atoms with Gasteiger partial charge in [0, 0.05) is 0 Å². The van der Waals surface area contributed by atoms with E-state index in [-0.39, 0.29) is 0 Å². The molecular formula is C7H8OS. The van der Waals surface area contributed by atoms with Gasteiger partial charge in [0.25, 0.3) is 0 Å². The van der Waals surface area contributed by atoms with E-state index in [1.54, 1.807) is 5.37 Å². The zero-order valence-corrected chi connectivity index (χ0v) is 5.86. The first-order valence-corrected chi connectivity index (χ1v) is 3.43. The normalized spacial score (nSPS) is 25.3. The first-order valence-electron chi connectivity index (χ1n) is 2.96. The van der Waals surface area contributed by atoms with Crippen molar-refractivity contribution in [2.24, 2.45) is 5.92 Å². The van der Waals surface area contributed by atoms with Crippen LogP contribution in [0.3, 0.4) is 0 Å².